The first-order chi connectivity index (χ1) is 13.6. The predicted molar refractivity (Wildman–Crippen MR) is 112 cm³/mol. The van der Waals surface area contributed by atoms with Crippen LogP contribution in [-0.4, -0.2) is 40.5 Å². The molecule has 0 fully saturated rings. The first kappa shape index (κ1) is 20.0. The number of halogens is 1. The molecule has 7 nitrogen and oxygen atoms in total. The molecule has 0 saturated heterocycles. The van der Waals surface area contributed by atoms with Crippen molar-refractivity contribution in [2.75, 3.05) is 18.9 Å². The van der Waals surface area contributed by atoms with Crippen molar-refractivity contribution in [1.82, 2.24) is 25.6 Å². The molecule has 3 aromatic rings. The number of anilines is 2. The summed E-state index contributed by atoms with van der Waals surface area (Å²) in [6.45, 7) is 2.81. The Kier molecular flexibility index (Phi) is 6.73. The van der Waals surface area contributed by atoms with Gasteiger partial charge in [-0.05, 0) is 31.7 Å². The van der Waals surface area contributed by atoms with Crippen LogP contribution in [0.25, 0.3) is 11.0 Å². The number of likely N-dealkylation sites (N-methyl/N-ethyl adjacent to an activating group) is 1. The van der Waals surface area contributed by atoms with Gasteiger partial charge in [-0.3, -0.25) is 19.7 Å². The third-order valence-electron chi connectivity index (χ3n) is 4.29. The van der Waals surface area contributed by atoms with Crippen LogP contribution in [-0.2, 0) is 0 Å². The number of hydrogen-bond acceptors (Lipinski definition) is 6. The van der Waals surface area contributed by atoms with Crippen molar-refractivity contribution in [3.8, 4) is 0 Å². The molecule has 1 unspecified atom stereocenters. The molecular formula is C20H23ClN6O. The maximum atomic E-state index is 12.8. The third-order valence-corrected chi connectivity index (χ3v) is 4.58. The Morgan fingerprint density at radius 3 is 2.82 bits per heavy atom. The van der Waals surface area contributed by atoms with E-state index in [4.69, 9.17) is 11.6 Å². The SMILES string of the molecule is CCCC(CNC)NC(=O)c1ccncc1Nc1cc(Cl)c2nccnc2c1. The van der Waals surface area contributed by atoms with E-state index >= 15 is 0 Å². The van der Waals surface area contributed by atoms with E-state index in [2.05, 4.69) is 37.8 Å². The molecule has 1 aromatic carbocycles. The van der Waals surface area contributed by atoms with Crippen LogP contribution in [0, 0.1) is 0 Å². The molecule has 0 aliphatic rings. The van der Waals surface area contributed by atoms with Gasteiger partial charge in [-0.2, -0.15) is 0 Å². The third kappa shape index (κ3) is 4.74. The van der Waals surface area contributed by atoms with Crippen molar-refractivity contribution in [3.05, 3.63) is 53.6 Å². The number of rotatable bonds is 8. The minimum absolute atomic E-state index is 0.0638. The van der Waals surface area contributed by atoms with E-state index in [9.17, 15) is 4.79 Å². The van der Waals surface area contributed by atoms with Crippen molar-refractivity contribution >= 4 is 39.9 Å². The Morgan fingerprint density at radius 1 is 1.21 bits per heavy atom. The second kappa shape index (κ2) is 9.43. The van der Waals surface area contributed by atoms with Crippen LogP contribution in [0.5, 0.6) is 0 Å². The first-order valence-electron chi connectivity index (χ1n) is 9.19. The molecule has 0 radical (unpaired) electrons. The highest BCUT2D eigenvalue weighted by Gasteiger charge is 2.16. The van der Waals surface area contributed by atoms with E-state index in [1.54, 1.807) is 36.9 Å². The summed E-state index contributed by atoms with van der Waals surface area (Å²) in [7, 11) is 1.88. The summed E-state index contributed by atoms with van der Waals surface area (Å²) in [5.41, 5.74) is 3.12. The number of fused-ring (bicyclic) bond motifs is 1. The fourth-order valence-corrected chi connectivity index (χ4v) is 3.30. The molecule has 2 aromatic heterocycles. The van der Waals surface area contributed by atoms with E-state index in [1.165, 1.54) is 0 Å². The summed E-state index contributed by atoms with van der Waals surface area (Å²) in [5.74, 6) is -0.148. The summed E-state index contributed by atoms with van der Waals surface area (Å²) in [6.07, 6.45) is 8.33. The van der Waals surface area contributed by atoms with Gasteiger partial charge in [0.1, 0.15) is 5.52 Å². The number of amides is 1. The Bertz CT molecular complexity index is 958. The van der Waals surface area contributed by atoms with Crippen LogP contribution in [0.15, 0.2) is 43.0 Å². The lowest BCUT2D eigenvalue weighted by Crippen LogP contribution is -2.41. The van der Waals surface area contributed by atoms with Crippen molar-refractivity contribution < 1.29 is 4.79 Å². The Hall–Kier alpha value is -2.77. The molecule has 28 heavy (non-hydrogen) atoms. The highest BCUT2D eigenvalue weighted by atomic mass is 35.5. The first-order valence-corrected chi connectivity index (χ1v) is 9.57. The largest absolute Gasteiger partial charge is 0.354 e. The van der Waals surface area contributed by atoms with Crippen LogP contribution >= 0.6 is 11.6 Å². The fourth-order valence-electron chi connectivity index (χ4n) is 3.04. The highest BCUT2D eigenvalue weighted by Crippen LogP contribution is 2.28. The molecule has 1 amide bonds. The van der Waals surface area contributed by atoms with Gasteiger partial charge >= 0.3 is 0 Å². The van der Waals surface area contributed by atoms with Gasteiger partial charge in [-0.25, -0.2) is 0 Å². The lowest BCUT2D eigenvalue weighted by Gasteiger charge is -2.19. The molecule has 0 spiro atoms. The molecule has 3 rings (SSSR count). The summed E-state index contributed by atoms with van der Waals surface area (Å²) in [6, 6.07) is 5.36. The van der Waals surface area contributed by atoms with E-state index in [-0.39, 0.29) is 11.9 Å². The average Bonchev–Trinajstić information content (AvgIpc) is 2.69. The number of hydrogen-bond donors (Lipinski definition) is 3. The number of nitrogens with zero attached hydrogens (tertiary/aromatic N) is 3. The van der Waals surface area contributed by atoms with Crippen LogP contribution in [0.4, 0.5) is 11.4 Å². The normalized spacial score (nSPS) is 12.0. The van der Waals surface area contributed by atoms with Crippen LogP contribution in [0.1, 0.15) is 30.1 Å². The number of pyridine rings is 1. The number of nitrogens with one attached hydrogen (secondary N) is 3. The van der Waals surface area contributed by atoms with Crippen molar-refractivity contribution in [3.63, 3.8) is 0 Å². The maximum absolute atomic E-state index is 12.8. The standard InChI is InChI=1S/C20H23ClN6O/c1-3-4-13(11-22-2)27-20(28)15-5-6-23-12-18(15)26-14-9-16(21)19-17(10-14)24-7-8-25-19/h5-10,12-13,22,26H,3-4,11H2,1-2H3,(H,27,28). The second-order valence-corrected chi connectivity index (χ2v) is 6.85. The summed E-state index contributed by atoms with van der Waals surface area (Å²) >= 11 is 6.32. The number of benzene rings is 1. The molecular weight excluding hydrogens is 376 g/mol. The Labute approximate surface area is 168 Å². The zero-order valence-electron chi connectivity index (χ0n) is 15.9. The van der Waals surface area contributed by atoms with E-state index in [0.29, 0.717) is 39.5 Å². The molecule has 0 aliphatic heterocycles. The van der Waals surface area contributed by atoms with Gasteiger partial charge in [0, 0.05) is 36.9 Å². The molecule has 8 heteroatoms. The monoisotopic (exact) mass is 398 g/mol. The van der Waals surface area contributed by atoms with Crippen LogP contribution in [0.2, 0.25) is 5.02 Å². The smallest absolute Gasteiger partial charge is 0.253 e. The predicted octanol–water partition coefficient (Wildman–Crippen LogP) is 3.54. The van der Waals surface area contributed by atoms with Gasteiger partial charge in [-0.15, -0.1) is 0 Å². The molecule has 2 heterocycles. The molecule has 0 saturated carbocycles. The molecule has 1 atom stereocenters. The van der Waals surface area contributed by atoms with Gasteiger partial charge in [-0.1, -0.05) is 24.9 Å². The lowest BCUT2D eigenvalue weighted by molar-refractivity contribution is 0.0935. The molecule has 146 valence electrons. The fraction of sp³-hybridized carbons (Fsp3) is 0.300. The number of carbonyl (C=O) groups is 1. The van der Waals surface area contributed by atoms with Gasteiger partial charge in [0.25, 0.3) is 5.91 Å². The van der Waals surface area contributed by atoms with Crippen LogP contribution in [0.3, 0.4) is 0 Å². The lowest BCUT2D eigenvalue weighted by atomic mass is 10.1. The summed E-state index contributed by atoms with van der Waals surface area (Å²) < 4.78 is 0. The van der Waals surface area contributed by atoms with Gasteiger partial charge in [0.15, 0.2) is 0 Å². The topological polar surface area (TPSA) is 91.8 Å². The average molecular weight is 399 g/mol. The molecule has 3 N–H and O–H groups in total. The van der Waals surface area contributed by atoms with Crippen LogP contribution < -0.4 is 16.0 Å². The summed E-state index contributed by atoms with van der Waals surface area (Å²) in [4.78, 5) is 25.5. The van der Waals surface area contributed by atoms with Gasteiger partial charge in [0.2, 0.25) is 0 Å². The Morgan fingerprint density at radius 2 is 2.04 bits per heavy atom. The second-order valence-electron chi connectivity index (χ2n) is 6.45. The van der Waals surface area contributed by atoms with Crippen molar-refractivity contribution in [2.24, 2.45) is 0 Å². The maximum Gasteiger partial charge on any atom is 0.253 e. The number of aromatic nitrogens is 3. The van der Waals surface area contributed by atoms with E-state index < -0.39 is 0 Å². The number of carbonyl (C=O) groups excluding carboxylic acids is 1. The Balaban J connectivity index is 1.85. The molecule has 0 aliphatic carbocycles. The van der Waals surface area contributed by atoms with Crippen molar-refractivity contribution in [1.29, 1.82) is 0 Å². The van der Waals surface area contributed by atoms with Gasteiger partial charge in [0.05, 0.1) is 28.0 Å². The zero-order valence-corrected chi connectivity index (χ0v) is 16.6. The van der Waals surface area contributed by atoms with Crippen molar-refractivity contribution in [2.45, 2.75) is 25.8 Å². The minimum Gasteiger partial charge on any atom is -0.354 e. The van der Waals surface area contributed by atoms with E-state index in [1.807, 2.05) is 13.1 Å². The molecule has 0 bridgehead atoms. The minimum atomic E-state index is -0.148. The highest BCUT2D eigenvalue weighted by molar-refractivity contribution is 6.35. The summed E-state index contributed by atoms with van der Waals surface area (Å²) in [5, 5.41) is 9.92. The van der Waals surface area contributed by atoms with Gasteiger partial charge < -0.3 is 16.0 Å². The van der Waals surface area contributed by atoms with E-state index in [0.717, 1.165) is 12.8 Å². The quantitative estimate of drug-likeness (QED) is 0.537. The zero-order chi connectivity index (χ0) is 19.9.